The van der Waals surface area contributed by atoms with Crippen LogP contribution in [0.5, 0.6) is 0 Å². The molecule has 0 fully saturated rings. The lowest BCUT2D eigenvalue weighted by Crippen LogP contribution is -2.39. The number of nitrogens with one attached hydrogen (secondary N) is 3. The monoisotopic (exact) mass is 325 g/mol. The molecule has 6 heteroatoms. The molecule has 1 aromatic heterocycles. The average molecular weight is 325 g/mol. The summed E-state index contributed by atoms with van der Waals surface area (Å²) >= 11 is 0. The third kappa shape index (κ3) is 3.12. The second-order valence-electron chi connectivity index (χ2n) is 5.35. The van der Waals surface area contributed by atoms with E-state index in [1.54, 1.807) is 36.4 Å². The highest BCUT2D eigenvalue weighted by atomic mass is 19.1. The van der Waals surface area contributed by atoms with Crippen molar-refractivity contribution in [2.75, 3.05) is 7.05 Å². The minimum absolute atomic E-state index is 0.264. The zero-order valence-electron chi connectivity index (χ0n) is 13.0. The lowest BCUT2D eigenvalue weighted by atomic mass is 10.1. The fourth-order valence-corrected chi connectivity index (χ4v) is 2.52. The summed E-state index contributed by atoms with van der Waals surface area (Å²) in [5.41, 5.74) is 1.59. The van der Waals surface area contributed by atoms with Crippen molar-refractivity contribution >= 4 is 22.7 Å². The van der Waals surface area contributed by atoms with E-state index in [2.05, 4.69) is 15.6 Å². The molecule has 2 amide bonds. The summed E-state index contributed by atoms with van der Waals surface area (Å²) in [6.45, 7) is 0. The quantitative estimate of drug-likeness (QED) is 0.689. The number of hydrogen-bond acceptors (Lipinski definition) is 2. The van der Waals surface area contributed by atoms with Gasteiger partial charge in [-0.2, -0.15) is 0 Å². The van der Waals surface area contributed by atoms with Crippen molar-refractivity contribution in [3.8, 4) is 0 Å². The Labute approximate surface area is 137 Å². The number of halogens is 1. The number of H-pyrrole nitrogens is 1. The number of aromatic nitrogens is 1. The highest BCUT2D eigenvalue weighted by Gasteiger charge is 2.23. The van der Waals surface area contributed by atoms with E-state index in [4.69, 9.17) is 0 Å². The van der Waals surface area contributed by atoms with Gasteiger partial charge in [-0.25, -0.2) is 4.39 Å². The van der Waals surface area contributed by atoms with Gasteiger partial charge in [0, 0.05) is 18.0 Å². The van der Waals surface area contributed by atoms with Crippen molar-refractivity contribution in [1.29, 1.82) is 0 Å². The number of amides is 2. The second-order valence-corrected chi connectivity index (χ2v) is 5.35. The van der Waals surface area contributed by atoms with E-state index in [1.165, 1.54) is 19.2 Å². The Morgan fingerprint density at radius 3 is 2.54 bits per heavy atom. The molecule has 122 valence electrons. The third-order valence-corrected chi connectivity index (χ3v) is 3.74. The molecule has 0 saturated carbocycles. The summed E-state index contributed by atoms with van der Waals surface area (Å²) in [5.74, 6) is -1.14. The van der Waals surface area contributed by atoms with Crippen molar-refractivity contribution in [3.63, 3.8) is 0 Å². The first-order valence-corrected chi connectivity index (χ1v) is 7.44. The molecule has 1 unspecified atom stereocenters. The minimum Gasteiger partial charge on any atom is -0.357 e. The largest absolute Gasteiger partial charge is 0.357 e. The maximum Gasteiger partial charge on any atom is 0.268 e. The lowest BCUT2D eigenvalue weighted by molar-refractivity contribution is -0.122. The van der Waals surface area contributed by atoms with Crippen LogP contribution >= 0.6 is 0 Å². The molecule has 0 aliphatic carbocycles. The molecule has 0 spiro atoms. The van der Waals surface area contributed by atoms with Gasteiger partial charge in [-0.05, 0) is 29.8 Å². The molecule has 0 aliphatic rings. The van der Waals surface area contributed by atoms with Crippen LogP contribution in [-0.2, 0) is 4.79 Å². The number of benzene rings is 2. The predicted molar refractivity (Wildman–Crippen MR) is 89.0 cm³/mol. The van der Waals surface area contributed by atoms with E-state index in [9.17, 15) is 14.0 Å². The van der Waals surface area contributed by atoms with Crippen LogP contribution in [0.3, 0.4) is 0 Å². The fourth-order valence-electron chi connectivity index (χ4n) is 2.52. The van der Waals surface area contributed by atoms with Gasteiger partial charge < -0.3 is 15.6 Å². The molecule has 24 heavy (non-hydrogen) atoms. The van der Waals surface area contributed by atoms with Crippen molar-refractivity contribution in [2.24, 2.45) is 0 Å². The standard InChI is InChI=1S/C18H16FN3O2/c1-20-18(24)16(11-5-3-2-4-6-11)22-17(23)15-10-12-9-13(19)7-8-14(12)21-15/h2-10,16,21H,1H3,(H,20,24)(H,22,23). The molecule has 0 aliphatic heterocycles. The molecule has 5 nitrogen and oxygen atoms in total. The molecule has 3 aromatic rings. The Kier molecular flexibility index (Phi) is 4.29. The molecule has 3 N–H and O–H groups in total. The maximum absolute atomic E-state index is 13.3. The van der Waals surface area contributed by atoms with Crippen LogP contribution in [0.15, 0.2) is 54.6 Å². The summed E-state index contributed by atoms with van der Waals surface area (Å²) in [7, 11) is 1.51. The molecule has 0 bridgehead atoms. The van der Waals surface area contributed by atoms with Gasteiger partial charge in [0.25, 0.3) is 5.91 Å². The molecule has 3 rings (SSSR count). The maximum atomic E-state index is 13.3. The van der Waals surface area contributed by atoms with E-state index < -0.39 is 11.9 Å². The zero-order valence-corrected chi connectivity index (χ0v) is 13.0. The van der Waals surface area contributed by atoms with Crippen LogP contribution in [0.1, 0.15) is 22.1 Å². The van der Waals surface area contributed by atoms with Crippen LogP contribution < -0.4 is 10.6 Å². The van der Waals surface area contributed by atoms with Gasteiger partial charge in [0.2, 0.25) is 5.91 Å². The van der Waals surface area contributed by atoms with Gasteiger partial charge in [0.1, 0.15) is 17.6 Å². The van der Waals surface area contributed by atoms with Gasteiger partial charge in [-0.1, -0.05) is 30.3 Å². The number of carbonyl (C=O) groups excluding carboxylic acids is 2. The van der Waals surface area contributed by atoms with E-state index in [1.807, 2.05) is 6.07 Å². The molecular formula is C18H16FN3O2. The first-order valence-electron chi connectivity index (χ1n) is 7.44. The van der Waals surface area contributed by atoms with Crippen LogP contribution in [0.25, 0.3) is 10.9 Å². The van der Waals surface area contributed by atoms with E-state index in [0.717, 1.165) is 0 Å². The summed E-state index contributed by atoms with van der Waals surface area (Å²) in [6, 6.07) is 13.9. The van der Waals surface area contributed by atoms with E-state index in [-0.39, 0.29) is 17.4 Å². The van der Waals surface area contributed by atoms with Gasteiger partial charge in [0.05, 0.1) is 0 Å². The number of likely N-dealkylation sites (N-methyl/N-ethyl adjacent to an activating group) is 1. The molecule has 0 saturated heterocycles. The summed E-state index contributed by atoms with van der Waals surface area (Å²) < 4.78 is 13.3. The second kappa shape index (κ2) is 6.54. The van der Waals surface area contributed by atoms with Crippen LogP contribution in [-0.4, -0.2) is 23.8 Å². The fraction of sp³-hybridized carbons (Fsp3) is 0.111. The minimum atomic E-state index is -0.813. The highest BCUT2D eigenvalue weighted by Crippen LogP contribution is 2.18. The summed E-state index contributed by atoms with van der Waals surface area (Å²) in [5, 5.41) is 5.83. The number of hydrogen-bond donors (Lipinski definition) is 3. The lowest BCUT2D eigenvalue weighted by Gasteiger charge is -2.17. The average Bonchev–Trinajstić information content (AvgIpc) is 3.02. The van der Waals surface area contributed by atoms with Crippen LogP contribution in [0.2, 0.25) is 0 Å². The van der Waals surface area contributed by atoms with Crippen molar-refractivity contribution < 1.29 is 14.0 Å². The Bertz CT molecular complexity index is 890. The topological polar surface area (TPSA) is 74.0 Å². The number of fused-ring (bicyclic) bond motifs is 1. The Morgan fingerprint density at radius 2 is 1.83 bits per heavy atom. The number of aromatic amines is 1. The highest BCUT2D eigenvalue weighted by molar-refractivity contribution is 6.00. The normalized spacial score (nSPS) is 11.9. The Balaban J connectivity index is 1.88. The molecule has 2 aromatic carbocycles. The Morgan fingerprint density at radius 1 is 1.08 bits per heavy atom. The Hall–Kier alpha value is -3.15. The molecular weight excluding hydrogens is 309 g/mol. The van der Waals surface area contributed by atoms with Gasteiger partial charge in [0.15, 0.2) is 0 Å². The number of carbonyl (C=O) groups is 2. The first-order chi connectivity index (χ1) is 11.6. The number of rotatable bonds is 4. The summed E-state index contributed by atoms with van der Waals surface area (Å²) in [4.78, 5) is 27.5. The van der Waals surface area contributed by atoms with Gasteiger partial charge in [-0.15, -0.1) is 0 Å². The smallest absolute Gasteiger partial charge is 0.268 e. The van der Waals surface area contributed by atoms with E-state index in [0.29, 0.717) is 16.5 Å². The van der Waals surface area contributed by atoms with Gasteiger partial charge in [-0.3, -0.25) is 9.59 Å². The predicted octanol–water partition coefficient (Wildman–Crippen LogP) is 2.52. The third-order valence-electron chi connectivity index (χ3n) is 3.74. The van der Waals surface area contributed by atoms with Crippen molar-refractivity contribution in [3.05, 3.63) is 71.7 Å². The SMILES string of the molecule is CNC(=O)C(NC(=O)c1cc2cc(F)ccc2[nH]1)c1ccccc1. The summed E-state index contributed by atoms with van der Waals surface area (Å²) in [6.07, 6.45) is 0. The van der Waals surface area contributed by atoms with Crippen molar-refractivity contribution in [1.82, 2.24) is 15.6 Å². The van der Waals surface area contributed by atoms with E-state index >= 15 is 0 Å². The zero-order chi connectivity index (χ0) is 17.1. The molecule has 1 atom stereocenters. The van der Waals surface area contributed by atoms with Crippen LogP contribution in [0.4, 0.5) is 4.39 Å². The molecule has 0 radical (unpaired) electrons. The molecule has 1 heterocycles. The van der Waals surface area contributed by atoms with Gasteiger partial charge >= 0.3 is 0 Å². The first kappa shape index (κ1) is 15.7. The van der Waals surface area contributed by atoms with Crippen LogP contribution in [0, 0.1) is 5.82 Å². The van der Waals surface area contributed by atoms with Crippen molar-refractivity contribution in [2.45, 2.75) is 6.04 Å².